The Kier molecular flexibility index (Phi) is 4.57. The van der Waals surface area contributed by atoms with Gasteiger partial charge in [-0.1, -0.05) is 56.2 Å². The first-order valence-electron chi connectivity index (χ1n) is 8.08. The lowest BCUT2D eigenvalue weighted by Crippen LogP contribution is -2.26. The molecule has 2 nitrogen and oxygen atoms in total. The van der Waals surface area contributed by atoms with Crippen molar-refractivity contribution in [2.75, 3.05) is 6.61 Å². The monoisotopic (exact) mass is 283 g/mol. The zero-order chi connectivity index (χ0) is 14.7. The summed E-state index contributed by atoms with van der Waals surface area (Å²) < 4.78 is 6.06. The van der Waals surface area contributed by atoms with E-state index in [1.165, 1.54) is 36.5 Å². The SMILES string of the molecule is CC1CCCC(OCC(N)c2ccc3ccccc3c2)C1. The Hall–Kier alpha value is -1.38. The Morgan fingerprint density at radius 2 is 1.95 bits per heavy atom. The summed E-state index contributed by atoms with van der Waals surface area (Å²) in [6, 6.07) is 14.8. The topological polar surface area (TPSA) is 35.2 Å². The number of hydrogen-bond donors (Lipinski definition) is 1. The summed E-state index contributed by atoms with van der Waals surface area (Å²) in [6.07, 6.45) is 5.41. The first-order valence-corrected chi connectivity index (χ1v) is 8.08. The molecule has 1 aliphatic rings. The van der Waals surface area contributed by atoms with Gasteiger partial charge in [0.2, 0.25) is 0 Å². The molecule has 0 heterocycles. The molecule has 2 heteroatoms. The second-order valence-electron chi connectivity index (χ2n) is 6.44. The molecule has 1 saturated carbocycles. The molecular formula is C19H25NO. The summed E-state index contributed by atoms with van der Waals surface area (Å²) in [4.78, 5) is 0. The molecule has 112 valence electrons. The second-order valence-corrected chi connectivity index (χ2v) is 6.44. The van der Waals surface area contributed by atoms with Gasteiger partial charge in [0.15, 0.2) is 0 Å². The lowest BCUT2D eigenvalue weighted by molar-refractivity contribution is 0.00853. The van der Waals surface area contributed by atoms with Crippen LogP contribution in [0, 0.1) is 5.92 Å². The number of rotatable bonds is 4. The highest BCUT2D eigenvalue weighted by Gasteiger charge is 2.20. The lowest BCUT2D eigenvalue weighted by atomic mass is 9.89. The van der Waals surface area contributed by atoms with Crippen molar-refractivity contribution in [3.05, 3.63) is 48.0 Å². The van der Waals surface area contributed by atoms with Crippen molar-refractivity contribution in [3.8, 4) is 0 Å². The summed E-state index contributed by atoms with van der Waals surface area (Å²) in [7, 11) is 0. The molecule has 0 spiro atoms. The highest BCUT2D eigenvalue weighted by atomic mass is 16.5. The van der Waals surface area contributed by atoms with Gasteiger partial charge in [0, 0.05) is 0 Å². The van der Waals surface area contributed by atoms with Crippen molar-refractivity contribution in [2.45, 2.75) is 44.8 Å². The van der Waals surface area contributed by atoms with Crippen LogP contribution in [-0.2, 0) is 4.74 Å². The van der Waals surface area contributed by atoms with E-state index in [9.17, 15) is 0 Å². The maximum absolute atomic E-state index is 6.31. The Balaban J connectivity index is 1.62. The van der Waals surface area contributed by atoms with Gasteiger partial charge in [-0.15, -0.1) is 0 Å². The molecule has 3 atom stereocenters. The van der Waals surface area contributed by atoms with E-state index in [2.05, 4.69) is 49.4 Å². The normalized spacial score (nSPS) is 24.1. The molecule has 1 aliphatic carbocycles. The van der Waals surface area contributed by atoms with Crippen LogP contribution in [0.15, 0.2) is 42.5 Å². The van der Waals surface area contributed by atoms with Crippen LogP contribution in [0.1, 0.15) is 44.2 Å². The smallest absolute Gasteiger partial charge is 0.0663 e. The van der Waals surface area contributed by atoms with Gasteiger partial charge in [-0.05, 0) is 41.2 Å². The molecule has 21 heavy (non-hydrogen) atoms. The van der Waals surface area contributed by atoms with Crippen LogP contribution in [0.5, 0.6) is 0 Å². The predicted octanol–water partition coefficient (Wildman–Crippen LogP) is 4.43. The van der Waals surface area contributed by atoms with Gasteiger partial charge in [-0.3, -0.25) is 0 Å². The third kappa shape index (κ3) is 3.63. The van der Waals surface area contributed by atoms with Crippen LogP contribution >= 0.6 is 0 Å². The molecule has 0 bridgehead atoms. The number of ether oxygens (including phenoxy) is 1. The van der Waals surface area contributed by atoms with E-state index in [0.717, 1.165) is 11.5 Å². The molecule has 0 aliphatic heterocycles. The van der Waals surface area contributed by atoms with Crippen molar-refractivity contribution in [1.82, 2.24) is 0 Å². The first kappa shape index (κ1) is 14.6. The molecule has 2 aromatic carbocycles. The molecule has 3 unspecified atom stereocenters. The average molecular weight is 283 g/mol. The van der Waals surface area contributed by atoms with Crippen LogP contribution in [0.4, 0.5) is 0 Å². The van der Waals surface area contributed by atoms with Crippen LogP contribution in [0.2, 0.25) is 0 Å². The second kappa shape index (κ2) is 6.59. The molecule has 0 amide bonds. The lowest BCUT2D eigenvalue weighted by Gasteiger charge is -2.28. The third-order valence-electron chi connectivity index (χ3n) is 4.60. The molecule has 2 aromatic rings. The van der Waals surface area contributed by atoms with Crippen molar-refractivity contribution in [3.63, 3.8) is 0 Å². The van der Waals surface area contributed by atoms with Crippen LogP contribution in [0.3, 0.4) is 0 Å². The summed E-state index contributed by atoms with van der Waals surface area (Å²) in [5, 5.41) is 2.51. The molecule has 2 N–H and O–H groups in total. The predicted molar refractivity (Wildman–Crippen MR) is 88.2 cm³/mol. The number of fused-ring (bicyclic) bond motifs is 1. The minimum atomic E-state index is -0.0353. The highest BCUT2D eigenvalue weighted by molar-refractivity contribution is 5.83. The van der Waals surface area contributed by atoms with E-state index < -0.39 is 0 Å². The highest BCUT2D eigenvalue weighted by Crippen LogP contribution is 2.27. The fourth-order valence-electron chi connectivity index (χ4n) is 3.30. The van der Waals surface area contributed by atoms with Crippen molar-refractivity contribution < 1.29 is 4.74 Å². The van der Waals surface area contributed by atoms with E-state index in [1.54, 1.807) is 0 Å². The van der Waals surface area contributed by atoms with Crippen molar-refractivity contribution in [1.29, 1.82) is 0 Å². The molecule has 0 saturated heterocycles. The van der Waals surface area contributed by atoms with E-state index in [0.29, 0.717) is 12.7 Å². The Labute approximate surface area is 127 Å². The first-order chi connectivity index (χ1) is 10.2. The number of nitrogens with two attached hydrogens (primary N) is 1. The quantitative estimate of drug-likeness (QED) is 0.900. The van der Waals surface area contributed by atoms with Crippen LogP contribution < -0.4 is 5.73 Å². The third-order valence-corrected chi connectivity index (χ3v) is 4.60. The Morgan fingerprint density at radius 3 is 2.76 bits per heavy atom. The summed E-state index contributed by atoms with van der Waals surface area (Å²) in [6.45, 7) is 2.94. The summed E-state index contributed by atoms with van der Waals surface area (Å²) in [5.74, 6) is 0.792. The molecule has 3 rings (SSSR count). The van der Waals surface area contributed by atoms with Gasteiger partial charge in [0.05, 0.1) is 18.8 Å². The number of hydrogen-bond acceptors (Lipinski definition) is 2. The molecule has 0 radical (unpaired) electrons. The fraction of sp³-hybridized carbons (Fsp3) is 0.474. The Morgan fingerprint density at radius 1 is 1.14 bits per heavy atom. The van der Waals surface area contributed by atoms with Gasteiger partial charge in [0.25, 0.3) is 0 Å². The standard InChI is InChI=1S/C19H25NO/c1-14-5-4-8-18(11-14)21-13-19(20)17-10-9-15-6-2-3-7-16(15)12-17/h2-3,6-7,9-10,12,14,18-19H,4-5,8,11,13,20H2,1H3. The van der Waals surface area contributed by atoms with Crippen LogP contribution in [-0.4, -0.2) is 12.7 Å². The molecule has 0 aromatic heterocycles. The van der Waals surface area contributed by atoms with Gasteiger partial charge in [-0.2, -0.15) is 0 Å². The zero-order valence-electron chi connectivity index (χ0n) is 12.8. The van der Waals surface area contributed by atoms with Gasteiger partial charge in [0.1, 0.15) is 0 Å². The van der Waals surface area contributed by atoms with Crippen molar-refractivity contribution in [2.24, 2.45) is 11.7 Å². The average Bonchev–Trinajstić information content (AvgIpc) is 2.52. The largest absolute Gasteiger partial charge is 0.376 e. The minimum absolute atomic E-state index is 0.0353. The molecular weight excluding hydrogens is 258 g/mol. The maximum atomic E-state index is 6.31. The fourth-order valence-corrected chi connectivity index (χ4v) is 3.30. The van der Waals surface area contributed by atoms with Crippen molar-refractivity contribution >= 4 is 10.8 Å². The van der Waals surface area contributed by atoms with Gasteiger partial charge < -0.3 is 10.5 Å². The minimum Gasteiger partial charge on any atom is -0.376 e. The number of benzene rings is 2. The van der Waals surface area contributed by atoms with E-state index in [4.69, 9.17) is 10.5 Å². The summed E-state index contributed by atoms with van der Waals surface area (Å²) in [5.41, 5.74) is 7.48. The van der Waals surface area contributed by atoms with Crippen LogP contribution in [0.25, 0.3) is 10.8 Å². The van der Waals surface area contributed by atoms with E-state index in [1.807, 2.05) is 0 Å². The van der Waals surface area contributed by atoms with E-state index >= 15 is 0 Å². The van der Waals surface area contributed by atoms with E-state index in [-0.39, 0.29) is 6.04 Å². The Bertz CT molecular complexity index is 595. The summed E-state index contributed by atoms with van der Waals surface area (Å²) >= 11 is 0. The zero-order valence-corrected chi connectivity index (χ0v) is 12.8. The van der Waals surface area contributed by atoms with Gasteiger partial charge >= 0.3 is 0 Å². The maximum Gasteiger partial charge on any atom is 0.0663 e. The van der Waals surface area contributed by atoms with Gasteiger partial charge in [-0.25, -0.2) is 0 Å². The molecule has 1 fully saturated rings.